The van der Waals surface area contributed by atoms with Crippen LogP contribution < -0.4 is 0 Å². The Bertz CT molecular complexity index is 663. The summed E-state index contributed by atoms with van der Waals surface area (Å²) < 4.78 is 0. The van der Waals surface area contributed by atoms with Gasteiger partial charge in [0.2, 0.25) is 0 Å². The van der Waals surface area contributed by atoms with Gasteiger partial charge in [-0.25, -0.2) is 0 Å². The van der Waals surface area contributed by atoms with E-state index >= 15 is 0 Å². The molecule has 0 radical (unpaired) electrons. The van der Waals surface area contributed by atoms with E-state index in [9.17, 15) is 9.59 Å². The molecule has 0 fully saturated rings. The van der Waals surface area contributed by atoms with Crippen LogP contribution in [0, 0.1) is 5.92 Å². The lowest BCUT2D eigenvalue weighted by Crippen LogP contribution is -2.15. The van der Waals surface area contributed by atoms with Crippen LogP contribution in [0.5, 0.6) is 0 Å². The van der Waals surface area contributed by atoms with Crippen LogP contribution in [0.1, 0.15) is 32.7 Å². The Balaban J connectivity index is 1.86. The molecule has 0 heterocycles. The second-order valence-corrected chi connectivity index (χ2v) is 5.00. The van der Waals surface area contributed by atoms with Crippen LogP contribution in [-0.4, -0.2) is 11.6 Å². The molecule has 0 aliphatic heterocycles. The minimum atomic E-state index is -0.611. The molecule has 2 nitrogen and oxygen atoms in total. The monoisotopic (exact) mass is 262 g/mol. The summed E-state index contributed by atoms with van der Waals surface area (Å²) in [5.74, 6) is -0.773. The van der Waals surface area contributed by atoms with E-state index in [4.69, 9.17) is 0 Å². The number of allylic oxidation sites excluding steroid dienone is 1. The molecule has 0 atom stereocenters. The molecule has 0 N–H and O–H groups in total. The zero-order valence-corrected chi connectivity index (χ0v) is 11.0. The first-order valence-electron chi connectivity index (χ1n) is 6.59. The lowest BCUT2D eigenvalue weighted by atomic mass is 9.92. The summed E-state index contributed by atoms with van der Waals surface area (Å²) in [6.07, 6.45) is 0.385. The maximum atomic E-state index is 12.3. The van der Waals surface area contributed by atoms with Crippen molar-refractivity contribution in [1.82, 2.24) is 0 Å². The van der Waals surface area contributed by atoms with Gasteiger partial charge < -0.3 is 0 Å². The topological polar surface area (TPSA) is 34.1 Å². The van der Waals surface area contributed by atoms with Crippen molar-refractivity contribution in [2.24, 2.45) is 5.92 Å². The van der Waals surface area contributed by atoms with Gasteiger partial charge in [0.05, 0.1) is 5.92 Å². The van der Waals surface area contributed by atoms with Crippen LogP contribution in [-0.2, 0) is 0 Å². The molecule has 0 spiro atoms. The van der Waals surface area contributed by atoms with E-state index in [1.807, 2.05) is 30.3 Å². The van der Waals surface area contributed by atoms with Gasteiger partial charge in [0.15, 0.2) is 11.6 Å². The van der Waals surface area contributed by atoms with Crippen molar-refractivity contribution in [3.8, 4) is 0 Å². The first-order valence-corrected chi connectivity index (χ1v) is 6.59. The molecular formula is C18H14O2. The molecule has 2 heteroatoms. The van der Waals surface area contributed by atoms with Gasteiger partial charge in [-0.05, 0) is 17.6 Å². The van der Waals surface area contributed by atoms with Crippen molar-refractivity contribution in [3.63, 3.8) is 0 Å². The molecule has 98 valence electrons. The molecule has 0 aromatic heterocycles. The summed E-state index contributed by atoms with van der Waals surface area (Å²) in [5, 5.41) is 0. The molecule has 2 aromatic rings. The highest BCUT2D eigenvalue weighted by atomic mass is 16.2. The van der Waals surface area contributed by atoms with Crippen molar-refractivity contribution in [1.29, 1.82) is 0 Å². The van der Waals surface area contributed by atoms with E-state index in [-0.39, 0.29) is 11.6 Å². The molecule has 0 saturated heterocycles. The third-order valence-electron chi connectivity index (χ3n) is 3.72. The summed E-state index contributed by atoms with van der Waals surface area (Å²) in [7, 11) is 0. The van der Waals surface area contributed by atoms with Crippen molar-refractivity contribution >= 4 is 17.1 Å². The second kappa shape index (κ2) is 4.89. The SMILES string of the molecule is C=C(CC1C(=O)c2ccccc2C1=O)c1ccccc1. The van der Waals surface area contributed by atoms with Crippen molar-refractivity contribution in [3.05, 3.63) is 77.9 Å². The quantitative estimate of drug-likeness (QED) is 0.789. The number of hydrogen-bond donors (Lipinski definition) is 0. The number of Topliss-reactive ketones (excluding diaryl/α,β-unsaturated/α-hetero) is 2. The molecular weight excluding hydrogens is 248 g/mol. The molecule has 3 rings (SSSR count). The molecule has 0 saturated carbocycles. The third kappa shape index (κ3) is 1.99. The Morgan fingerprint density at radius 3 is 1.90 bits per heavy atom. The minimum absolute atomic E-state index is 0.0809. The van der Waals surface area contributed by atoms with Crippen molar-refractivity contribution in [2.75, 3.05) is 0 Å². The number of carbonyl (C=O) groups is 2. The molecule has 0 unspecified atom stereocenters. The summed E-state index contributed by atoms with van der Waals surface area (Å²) in [5.41, 5.74) is 2.89. The summed E-state index contributed by atoms with van der Waals surface area (Å²) in [6, 6.07) is 16.7. The van der Waals surface area contributed by atoms with Crippen LogP contribution in [0.2, 0.25) is 0 Å². The van der Waals surface area contributed by atoms with E-state index in [1.165, 1.54) is 0 Å². The number of benzene rings is 2. The average molecular weight is 262 g/mol. The molecule has 0 bridgehead atoms. The molecule has 1 aliphatic rings. The van der Waals surface area contributed by atoms with Crippen molar-refractivity contribution < 1.29 is 9.59 Å². The Kier molecular flexibility index (Phi) is 3.07. The highest BCUT2D eigenvalue weighted by molar-refractivity contribution is 6.26. The fourth-order valence-corrected chi connectivity index (χ4v) is 2.63. The zero-order chi connectivity index (χ0) is 14.1. The van der Waals surface area contributed by atoms with Gasteiger partial charge in [-0.3, -0.25) is 9.59 Å². The molecule has 0 amide bonds. The van der Waals surface area contributed by atoms with Crippen LogP contribution in [0.4, 0.5) is 0 Å². The lowest BCUT2D eigenvalue weighted by Gasteiger charge is -2.10. The van der Waals surface area contributed by atoms with E-state index in [1.54, 1.807) is 24.3 Å². The average Bonchev–Trinajstić information content (AvgIpc) is 2.74. The number of fused-ring (bicyclic) bond motifs is 1. The number of carbonyl (C=O) groups excluding carboxylic acids is 2. The third-order valence-corrected chi connectivity index (χ3v) is 3.72. The molecule has 20 heavy (non-hydrogen) atoms. The smallest absolute Gasteiger partial charge is 0.174 e. The maximum absolute atomic E-state index is 12.3. The fraction of sp³-hybridized carbons (Fsp3) is 0.111. The Hall–Kier alpha value is -2.48. The van der Waals surface area contributed by atoms with Gasteiger partial charge in [-0.1, -0.05) is 61.2 Å². The van der Waals surface area contributed by atoms with Gasteiger partial charge >= 0.3 is 0 Å². The van der Waals surface area contributed by atoms with E-state index < -0.39 is 5.92 Å². The first-order chi connectivity index (χ1) is 9.68. The number of hydrogen-bond acceptors (Lipinski definition) is 2. The highest BCUT2D eigenvalue weighted by Crippen LogP contribution is 2.32. The standard InChI is InChI=1S/C18H14O2/c1-12(13-7-3-2-4-8-13)11-16-17(19)14-9-5-6-10-15(14)18(16)20/h2-10,16H,1,11H2. The van der Waals surface area contributed by atoms with Crippen LogP contribution in [0.15, 0.2) is 61.2 Å². The van der Waals surface area contributed by atoms with Gasteiger partial charge in [-0.2, -0.15) is 0 Å². The highest BCUT2D eigenvalue weighted by Gasteiger charge is 2.38. The van der Waals surface area contributed by atoms with Gasteiger partial charge in [0.1, 0.15) is 0 Å². The number of ketones is 2. The zero-order valence-electron chi connectivity index (χ0n) is 11.0. The fourth-order valence-electron chi connectivity index (χ4n) is 2.63. The molecule has 1 aliphatic carbocycles. The first kappa shape index (κ1) is 12.5. The summed E-state index contributed by atoms with van der Waals surface area (Å²) >= 11 is 0. The maximum Gasteiger partial charge on any atom is 0.174 e. The Morgan fingerprint density at radius 2 is 1.35 bits per heavy atom. The minimum Gasteiger partial charge on any atom is -0.293 e. The molecule has 2 aromatic carbocycles. The van der Waals surface area contributed by atoms with E-state index in [0.29, 0.717) is 17.5 Å². The second-order valence-electron chi connectivity index (χ2n) is 5.00. The normalized spacial score (nSPS) is 14.4. The largest absolute Gasteiger partial charge is 0.293 e. The predicted octanol–water partition coefficient (Wildman–Crippen LogP) is 3.79. The van der Waals surface area contributed by atoms with Crippen LogP contribution in [0.3, 0.4) is 0 Å². The van der Waals surface area contributed by atoms with Gasteiger partial charge in [0.25, 0.3) is 0 Å². The Labute approximate surface area is 117 Å². The van der Waals surface area contributed by atoms with Crippen LogP contribution >= 0.6 is 0 Å². The van der Waals surface area contributed by atoms with Gasteiger partial charge in [-0.15, -0.1) is 0 Å². The lowest BCUT2D eigenvalue weighted by molar-refractivity contribution is 0.0842. The predicted molar refractivity (Wildman–Crippen MR) is 78.7 cm³/mol. The Morgan fingerprint density at radius 1 is 0.850 bits per heavy atom. The van der Waals surface area contributed by atoms with E-state index in [2.05, 4.69) is 6.58 Å². The van der Waals surface area contributed by atoms with E-state index in [0.717, 1.165) is 11.1 Å². The van der Waals surface area contributed by atoms with Crippen LogP contribution in [0.25, 0.3) is 5.57 Å². The summed E-state index contributed by atoms with van der Waals surface area (Å²) in [4.78, 5) is 24.6. The van der Waals surface area contributed by atoms with Gasteiger partial charge in [0, 0.05) is 11.1 Å². The summed E-state index contributed by atoms with van der Waals surface area (Å²) in [6.45, 7) is 4.02. The van der Waals surface area contributed by atoms with Crippen molar-refractivity contribution in [2.45, 2.75) is 6.42 Å². The number of rotatable bonds is 3.